The van der Waals surface area contributed by atoms with Crippen LogP contribution in [-0.4, -0.2) is 61.4 Å². The van der Waals surface area contributed by atoms with Gasteiger partial charge in [-0.2, -0.15) is 0 Å². The van der Waals surface area contributed by atoms with Crippen LogP contribution in [-0.2, 0) is 9.53 Å². The van der Waals surface area contributed by atoms with Crippen LogP contribution in [0.1, 0.15) is 5.56 Å². The lowest BCUT2D eigenvalue weighted by atomic mass is 10.2. The first kappa shape index (κ1) is 22.3. The molecule has 162 valence electrons. The molecular weight excluding hydrogens is 450 g/mol. The zero-order valence-electron chi connectivity index (χ0n) is 17.3. The third-order valence-electron chi connectivity index (χ3n) is 5.14. The van der Waals surface area contributed by atoms with Gasteiger partial charge in [0.05, 0.1) is 23.4 Å². The van der Waals surface area contributed by atoms with Crippen LogP contribution in [0.2, 0.25) is 5.02 Å². The van der Waals surface area contributed by atoms with Crippen LogP contribution in [0.4, 0.5) is 5.13 Å². The Hall–Kier alpha value is -1.90. The van der Waals surface area contributed by atoms with Gasteiger partial charge in [-0.25, -0.2) is 4.98 Å². The van der Waals surface area contributed by atoms with Crippen molar-refractivity contribution in [3.63, 3.8) is 0 Å². The van der Waals surface area contributed by atoms with E-state index in [-0.39, 0.29) is 5.91 Å². The Balaban J connectivity index is 1.58. The van der Waals surface area contributed by atoms with Gasteiger partial charge in [0.15, 0.2) is 5.13 Å². The molecule has 1 aromatic heterocycles. The van der Waals surface area contributed by atoms with Crippen molar-refractivity contribution in [2.24, 2.45) is 0 Å². The van der Waals surface area contributed by atoms with Gasteiger partial charge in [-0.15, -0.1) is 11.8 Å². The number of carbonyl (C=O) groups excluding carboxylic acids is 1. The highest BCUT2D eigenvalue weighted by molar-refractivity contribution is 7.98. The molecule has 2 aromatic carbocycles. The number of aromatic nitrogens is 1. The first-order valence-electron chi connectivity index (χ1n) is 10.1. The van der Waals surface area contributed by atoms with Crippen LogP contribution in [0.3, 0.4) is 0 Å². The van der Waals surface area contributed by atoms with Crippen LogP contribution in [0.25, 0.3) is 16.3 Å². The lowest BCUT2D eigenvalue weighted by molar-refractivity contribution is -0.114. The molecule has 2 heterocycles. The standard InChI is InChI=1S/C23H24ClN3O2S2/c1-30-18-7-8-20-21(16-18)31-23(25-20)27(11-10-26-12-14-29-15-13-26)22(28)9-6-17-4-2-3-5-19(17)24/h2-9,16H,10-15H2,1H3. The third kappa shape index (κ3) is 5.67. The topological polar surface area (TPSA) is 45.7 Å². The SMILES string of the molecule is CSc1ccc2nc(N(CCN3CCOCC3)C(=O)C=Cc3ccccc3Cl)sc2c1. The number of halogens is 1. The van der Waals surface area contributed by atoms with Crippen molar-refractivity contribution in [3.8, 4) is 0 Å². The maximum Gasteiger partial charge on any atom is 0.252 e. The highest BCUT2D eigenvalue weighted by atomic mass is 35.5. The van der Waals surface area contributed by atoms with E-state index in [4.69, 9.17) is 21.3 Å². The van der Waals surface area contributed by atoms with Crippen molar-refractivity contribution < 1.29 is 9.53 Å². The summed E-state index contributed by atoms with van der Waals surface area (Å²) in [7, 11) is 0. The molecular formula is C23H24ClN3O2S2. The zero-order chi connectivity index (χ0) is 21.6. The molecule has 1 aliphatic rings. The van der Waals surface area contributed by atoms with E-state index in [1.54, 1.807) is 40.2 Å². The van der Waals surface area contributed by atoms with E-state index in [0.29, 0.717) is 11.6 Å². The predicted molar refractivity (Wildman–Crippen MR) is 131 cm³/mol. The molecule has 0 unspecified atom stereocenters. The molecule has 3 aromatic rings. The van der Waals surface area contributed by atoms with Gasteiger partial charge in [-0.3, -0.25) is 14.6 Å². The molecule has 0 N–H and O–H groups in total. The Morgan fingerprint density at radius 2 is 2.10 bits per heavy atom. The molecule has 8 heteroatoms. The Morgan fingerprint density at radius 1 is 1.29 bits per heavy atom. The van der Waals surface area contributed by atoms with E-state index in [1.807, 2.05) is 30.3 Å². The second-order valence-corrected chi connectivity index (χ2v) is 9.42. The number of thioether (sulfide) groups is 1. The summed E-state index contributed by atoms with van der Waals surface area (Å²) in [5.74, 6) is -0.0997. The molecule has 1 fully saturated rings. The summed E-state index contributed by atoms with van der Waals surface area (Å²) >= 11 is 9.49. The number of anilines is 1. The molecule has 0 radical (unpaired) electrons. The van der Waals surface area contributed by atoms with Crippen molar-refractivity contribution in [2.75, 3.05) is 50.5 Å². The van der Waals surface area contributed by atoms with Crippen LogP contribution in [0, 0.1) is 0 Å². The Labute approximate surface area is 195 Å². The fourth-order valence-corrected chi connectivity index (χ4v) is 5.11. The minimum absolute atomic E-state index is 0.0997. The van der Waals surface area contributed by atoms with Crippen LogP contribution in [0.15, 0.2) is 53.4 Å². The Morgan fingerprint density at radius 3 is 2.87 bits per heavy atom. The number of carbonyl (C=O) groups is 1. The number of nitrogens with zero attached hydrogens (tertiary/aromatic N) is 3. The van der Waals surface area contributed by atoms with Crippen LogP contribution >= 0.6 is 34.7 Å². The van der Waals surface area contributed by atoms with Crippen molar-refractivity contribution in [1.82, 2.24) is 9.88 Å². The summed E-state index contributed by atoms with van der Waals surface area (Å²) < 4.78 is 6.53. The first-order chi connectivity index (χ1) is 15.1. The van der Waals surface area contributed by atoms with Crippen LogP contribution < -0.4 is 4.90 Å². The predicted octanol–water partition coefficient (Wildman–Crippen LogP) is 5.05. The molecule has 0 atom stereocenters. The molecule has 0 spiro atoms. The maximum absolute atomic E-state index is 13.2. The molecule has 0 bridgehead atoms. The van der Waals surface area contributed by atoms with Crippen molar-refractivity contribution in [2.45, 2.75) is 4.90 Å². The summed E-state index contributed by atoms with van der Waals surface area (Å²) in [6.45, 7) is 4.59. The van der Waals surface area contributed by atoms with E-state index in [0.717, 1.165) is 53.8 Å². The Bertz CT molecular complexity index is 1080. The molecule has 0 aliphatic carbocycles. The number of hydrogen-bond donors (Lipinski definition) is 0. The summed E-state index contributed by atoms with van der Waals surface area (Å²) in [5, 5.41) is 1.34. The molecule has 5 nitrogen and oxygen atoms in total. The highest BCUT2D eigenvalue weighted by Crippen LogP contribution is 2.32. The van der Waals surface area contributed by atoms with Gasteiger partial charge in [0.2, 0.25) is 0 Å². The summed E-state index contributed by atoms with van der Waals surface area (Å²) in [5.41, 5.74) is 1.73. The van der Waals surface area contributed by atoms with Gasteiger partial charge in [-0.05, 0) is 42.2 Å². The first-order valence-corrected chi connectivity index (χ1v) is 12.5. The summed E-state index contributed by atoms with van der Waals surface area (Å²) in [6, 6.07) is 13.7. The lowest BCUT2D eigenvalue weighted by Gasteiger charge is -2.28. The van der Waals surface area contributed by atoms with E-state index in [1.165, 1.54) is 4.90 Å². The normalized spacial score (nSPS) is 15.0. The molecule has 1 saturated heterocycles. The Kier molecular flexibility index (Phi) is 7.63. The number of ether oxygens (including phenoxy) is 1. The van der Waals surface area contributed by atoms with Crippen molar-refractivity contribution in [1.29, 1.82) is 0 Å². The van der Waals surface area contributed by atoms with E-state index in [2.05, 4.69) is 23.3 Å². The number of benzene rings is 2. The number of amides is 1. The van der Waals surface area contributed by atoms with E-state index in [9.17, 15) is 4.79 Å². The second-order valence-electron chi connectivity index (χ2n) is 7.13. The fraction of sp³-hybridized carbons (Fsp3) is 0.304. The summed E-state index contributed by atoms with van der Waals surface area (Å²) in [4.78, 5) is 23.3. The van der Waals surface area contributed by atoms with Gasteiger partial charge >= 0.3 is 0 Å². The van der Waals surface area contributed by atoms with Crippen molar-refractivity contribution in [3.05, 3.63) is 59.1 Å². The minimum atomic E-state index is -0.0997. The number of fused-ring (bicyclic) bond motifs is 1. The number of morpholine rings is 1. The van der Waals surface area contributed by atoms with E-state index >= 15 is 0 Å². The third-order valence-corrected chi connectivity index (χ3v) is 7.25. The molecule has 1 aliphatic heterocycles. The second kappa shape index (κ2) is 10.6. The van der Waals surface area contributed by atoms with Gasteiger partial charge in [0.1, 0.15) is 0 Å². The highest BCUT2D eigenvalue weighted by Gasteiger charge is 2.20. The number of thiazole rings is 1. The molecule has 4 rings (SSSR count). The maximum atomic E-state index is 13.2. The molecule has 0 saturated carbocycles. The average Bonchev–Trinajstić information content (AvgIpc) is 3.22. The molecule has 31 heavy (non-hydrogen) atoms. The van der Waals surface area contributed by atoms with Crippen molar-refractivity contribution >= 4 is 62.0 Å². The fourth-order valence-electron chi connectivity index (χ4n) is 3.36. The largest absolute Gasteiger partial charge is 0.379 e. The van der Waals surface area contributed by atoms with Gasteiger partial charge in [-0.1, -0.05) is 41.1 Å². The number of hydrogen-bond acceptors (Lipinski definition) is 6. The lowest BCUT2D eigenvalue weighted by Crippen LogP contribution is -2.42. The van der Waals surface area contributed by atoms with Gasteiger partial charge < -0.3 is 4.74 Å². The average molecular weight is 474 g/mol. The number of rotatable bonds is 7. The minimum Gasteiger partial charge on any atom is -0.379 e. The quantitative estimate of drug-likeness (QED) is 0.355. The summed E-state index contributed by atoms with van der Waals surface area (Å²) in [6.07, 6.45) is 5.41. The smallest absolute Gasteiger partial charge is 0.252 e. The van der Waals surface area contributed by atoms with Gasteiger partial charge in [0, 0.05) is 42.2 Å². The molecule has 1 amide bonds. The van der Waals surface area contributed by atoms with Gasteiger partial charge in [0.25, 0.3) is 5.91 Å². The van der Waals surface area contributed by atoms with Crippen LogP contribution in [0.5, 0.6) is 0 Å². The van der Waals surface area contributed by atoms with E-state index < -0.39 is 0 Å². The monoisotopic (exact) mass is 473 g/mol. The zero-order valence-corrected chi connectivity index (χ0v) is 19.7.